The molecule has 0 atom stereocenters. The van der Waals surface area contributed by atoms with Crippen molar-refractivity contribution in [1.82, 2.24) is 0 Å². The van der Waals surface area contributed by atoms with E-state index in [0.717, 1.165) is 9.52 Å². The van der Waals surface area contributed by atoms with Gasteiger partial charge in [0, 0.05) is 0 Å². The molecular weight excluding hydrogens is 76.1 g/mol. The summed E-state index contributed by atoms with van der Waals surface area (Å²) in [4.78, 5) is 0. The van der Waals surface area contributed by atoms with Crippen LogP contribution in [0.25, 0.3) is 0 Å². The molecule has 1 heterocycles. The monoisotopic (exact) mass is 82.0 g/mol. The van der Waals surface area contributed by atoms with Gasteiger partial charge in [-0.25, -0.2) is 0 Å². The Morgan fingerprint density at radius 3 is 2.80 bits per heavy atom. The summed E-state index contributed by atoms with van der Waals surface area (Å²) in [6, 6.07) is 1.42. The molecule has 0 saturated carbocycles. The lowest BCUT2D eigenvalue weighted by Crippen LogP contribution is -1.67. The van der Waals surface area contributed by atoms with E-state index in [9.17, 15) is 0 Å². The van der Waals surface area contributed by atoms with Gasteiger partial charge in [-0.1, -0.05) is 12.1 Å². The molecule has 0 aromatic rings. The fourth-order valence-electron chi connectivity index (χ4n) is 0.417. The molecule has 0 spiro atoms. The zero-order valence-electron chi connectivity index (χ0n) is 3.07. The number of hydrogen-bond acceptors (Lipinski definition) is 0. The average Bonchev–Trinajstić information content (AvgIpc) is 1.76. The van der Waals surface area contributed by atoms with Crippen molar-refractivity contribution in [2.24, 2.45) is 0 Å². The molecule has 0 unspecified atom stereocenters. The third-order valence-electron chi connectivity index (χ3n) is 0.691. The Kier molecular flexibility index (Phi) is 0.889. The topological polar surface area (TPSA) is 0 Å². The molecule has 0 bridgehead atoms. The molecule has 0 N–H and O–H groups in total. The van der Waals surface area contributed by atoms with E-state index in [4.69, 9.17) is 0 Å². The average molecular weight is 82.2 g/mol. The maximum absolute atomic E-state index is 2.26. The van der Waals surface area contributed by atoms with Crippen LogP contribution in [-0.2, 0) is 0 Å². The first-order chi connectivity index (χ1) is 2.50. The highest BCUT2D eigenvalue weighted by Gasteiger charge is 1.86. The van der Waals surface area contributed by atoms with Crippen molar-refractivity contribution in [2.75, 3.05) is 0 Å². The lowest BCUT2D eigenvalue weighted by atomic mass is 10.5. The van der Waals surface area contributed by atoms with Gasteiger partial charge in [-0.3, -0.25) is 0 Å². The third kappa shape index (κ3) is 0.617. The van der Waals surface area contributed by atoms with Crippen LogP contribution >= 0.6 is 0 Å². The van der Waals surface area contributed by atoms with Crippen LogP contribution in [0.2, 0.25) is 6.04 Å². The Bertz CT molecular complexity index is 41.6. The summed E-state index contributed by atoms with van der Waals surface area (Å²) in [5.41, 5.74) is 2.26. The van der Waals surface area contributed by atoms with E-state index in [-0.39, 0.29) is 0 Å². The van der Waals surface area contributed by atoms with E-state index in [1.54, 1.807) is 0 Å². The fraction of sp³-hybridized carbons (Fsp3) is 0.500. The van der Waals surface area contributed by atoms with E-state index in [0.29, 0.717) is 0 Å². The van der Waals surface area contributed by atoms with Crippen LogP contribution in [-0.4, -0.2) is 9.52 Å². The Morgan fingerprint density at radius 1 is 1.60 bits per heavy atom. The van der Waals surface area contributed by atoms with Crippen LogP contribution in [0, 0.1) is 0 Å². The minimum Gasteiger partial charge on any atom is -0.103 e. The van der Waals surface area contributed by atoms with Crippen molar-refractivity contribution < 1.29 is 0 Å². The van der Waals surface area contributed by atoms with Gasteiger partial charge >= 0.3 is 0 Å². The van der Waals surface area contributed by atoms with Gasteiger partial charge in [0.05, 0.1) is 9.52 Å². The highest BCUT2D eigenvalue weighted by Crippen LogP contribution is 1.97. The summed E-state index contributed by atoms with van der Waals surface area (Å²) in [7, 11) is 1.13. The standard InChI is InChI=1S/C4H6Si/c1-2-4-5-3-1/h1,3H,2,4H2. The molecule has 1 rings (SSSR count). The minimum absolute atomic E-state index is 1.13. The van der Waals surface area contributed by atoms with Crippen LogP contribution in [0.5, 0.6) is 0 Å². The number of allylic oxidation sites excluding steroid dienone is 1. The molecule has 2 radical (unpaired) electrons. The van der Waals surface area contributed by atoms with Crippen LogP contribution in [0.3, 0.4) is 0 Å². The van der Waals surface area contributed by atoms with Gasteiger partial charge < -0.3 is 0 Å². The number of rotatable bonds is 0. The Morgan fingerprint density at radius 2 is 2.60 bits per heavy atom. The Hall–Kier alpha value is -0.0431. The molecule has 1 aliphatic rings. The Labute approximate surface area is 34.7 Å². The van der Waals surface area contributed by atoms with Gasteiger partial charge in [0.1, 0.15) is 0 Å². The van der Waals surface area contributed by atoms with Gasteiger partial charge in [-0.15, -0.1) is 5.70 Å². The van der Waals surface area contributed by atoms with Crippen molar-refractivity contribution >= 4 is 9.52 Å². The first-order valence-electron chi connectivity index (χ1n) is 1.88. The van der Waals surface area contributed by atoms with E-state index in [1.165, 1.54) is 12.5 Å². The first-order valence-corrected chi connectivity index (χ1v) is 3.17. The minimum atomic E-state index is 1.13. The van der Waals surface area contributed by atoms with Crippen molar-refractivity contribution in [2.45, 2.75) is 12.5 Å². The predicted octanol–water partition coefficient (Wildman–Crippen LogP) is 1.03. The lowest BCUT2D eigenvalue weighted by Gasteiger charge is -1.67. The molecule has 0 nitrogen and oxygen atoms in total. The summed E-state index contributed by atoms with van der Waals surface area (Å²) in [6.07, 6.45) is 3.58. The Balaban J connectivity index is 2.32. The van der Waals surface area contributed by atoms with E-state index < -0.39 is 0 Å². The van der Waals surface area contributed by atoms with Crippen LogP contribution in [0.1, 0.15) is 6.42 Å². The third-order valence-corrected chi connectivity index (χ3v) is 1.74. The second-order valence-electron chi connectivity index (χ2n) is 1.15. The van der Waals surface area contributed by atoms with Gasteiger partial charge in [-0.05, 0) is 6.42 Å². The van der Waals surface area contributed by atoms with E-state index in [2.05, 4.69) is 11.8 Å². The van der Waals surface area contributed by atoms with Crippen LogP contribution < -0.4 is 0 Å². The maximum Gasteiger partial charge on any atom is 0.0702 e. The molecule has 26 valence electrons. The number of hydrogen-bond donors (Lipinski definition) is 0. The molecule has 0 fully saturated rings. The SMILES string of the molecule is C1=C[Si]CC1. The second kappa shape index (κ2) is 1.41. The molecule has 0 amide bonds. The molecule has 1 aliphatic heterocycles. The van der Waals surface area contributed by atoms with Crippen LogP contribution in [0.4, 0.5) is 0 Å². The van der Waals surface area contributed by atoms with Gasteiger partial charge in [0.25, 0.3) is 0 Å². The summed E-state index contributed by atoms with van der Waals surface area (Å²) >= 11 is 0. The molecule has 0 aromatic carbocycles. The molecule has 0 aliphatic carbocycles. The van der Waals surface area contributed by atoms with Crippen molar-refractivity contribution in [3.05, 3.63) is 11.8 Å². The van der Waals surface area contributed by atoms with Crippen molar-refractivity contribution in [3.63, 3.8) is 0 Å². The quantitative estimate of drug-likeness (QED) is 0.383. The van der Waals surface area contributed by atoms with Crippen molar-refractivity contribution in [1.29, 1.82) is 0 Å². The van der Waals surface area contributed by atoms with E-state index >= 15 is 0 Å². The second-order valence-corrected chi connectivity index (χ2v) is 2.39. The van der Waals surface area contributed by atoms with Gasteiger partial charge in [0.15, 0.2) is 0 Å². The lowest BCUT2D eigenvalue weighted by molar-refractivity contribution is 1.24. The fourth-order valence-corrected chi connectivity index (χ4v) is 1.25. The predicted molar refractivity (Wildman–Crippen MR) is 24.3 cm³/mol. The van der Waals surface area contributed by atoms with E-state index in [1.807, 2.05) is 0 Å². The smallest absolute Gasteiger partial charge is 0.0702 e. The summed E-state index contributed by atoms with van der Waals surface area (Å²) < 4.78 is 0. The van der Waals surface area contributed by atoms with Gasteiger partial charge in [0.2, 0.25) is 0 Å². The largest absolute Gasteiger partial charge is 0.103 e. The normalized spacial score (nSPS) is 20.8. The van der Waals surface area contributed by atoms with Crippen LogP contribution in [0.15, 0.2) is 11.8 Å². The molecule has 5 heavy (non-hydrogen) atoms. The highest BCUT2D eigenvalue weighted by atomic mass is 28.2. The van der Waals surface area contributed by atoms with Gasteiger partial charge in [-0.2, -0.15) is 0 Å². The zero-order valence-corrected chi connectivity index (χ0v) is 4.07. The summed E-state index contributed by atoms with van der Waals surface area (Å²) in [6.45, 7) is 0. The maximum atomic E-state index is 2.26. The summed E-state index contributed by atoms with van der Waals surface area (Å²) in [5, 5.41) is 0. The first kappa shape index (κ1) is 3.16. The molecular formula is C4H6Si. The molecule has 0 aromatic heterocycles. The zero-order chi connectivity index (χ0) is 3.54. The van der Waals surface area contributed by atoms with Crippen molar-refractivity contribution in [3.8, 4) is 0 Å². The molecule has 1 heteroatoms. The summed E-state index contributed by atoms with van der Waals surface area (Å²) in [5.74, 6) is 0. The highest BCUT2D eigenvalue weighted by molar-refractivity contribution is 6.43. The molecule has 0 saturated heterocycles.